The van der Waals surface area contributed by atoms with E-state index >= 15 is 0 Å². The molecule has 0 atom stereocenters. The van der Waals surface area contributed by atoms with Crippen LogP contribution in [0.3, 0.4) is 0 Å². The van der Waals surface area contributed by atoms with Gasteiger partial charge in [0.1, 0.15) is 22.9 Å². The normalized spacial score (nSPS) is 20.1. The Morgan fingerprint density at radius 1 is 0.615 bits per heavy atom. The second-order valence-electron chi connectivity index (χ2n) is 13.4. The van der Waals surface area contributed by atoms with E-state index in [0.717, 1.165) is 100 Å². The summed E-state index contributed by atoms with van der Waals surface area (Å²) < 4.78 is 11.5. The molecule has 3 fully saturated rings. The summed E-state index contributed by atoms with van der Waals surface area (Å²) in [6.45, 7) is 13.1. The number of ether oxygens (including phenoxy) is 2. The first-order valence-electron chi connectivity index (χ1n) is 18.9. The summed E-state index contributed by atoms with van der Waals surface area (Å²) in [5.41, 5.74) is 2.92. The highest BCUT2D eigenvalue weighted by atomic mass is 16.5. The molecule has 5 rings (SSSR count). The van der Waals surface area contributed by atoms with Gasteiger partial charge in [0.2, 0.25) is 11.9 Å². The SMILES string of the molecule is CCCCOc1ccc(/C=C2\NC(=NCCCN3CCN(CCCN=C4N/C(=C\c5ccc(OCCCC)cc5)C(=O)N4C)CC3)N(C)C2=O)cc1. The number of nitrogens with zero attached hydrogens (tertiary/aromatic N) is 6. The Morgan fingerprint density at radius 2 is 1.00 bits per heavy atom. The average molecular weight is 713 g/mol. The lowest BCUT2D eigenvalue weighted by Gasteiger charge is -2.34. The van der Waals surface area contributed by atoms with Crippen molar-refractivity contribution in [2.45, 2.75) is 52.4 Å². The number of likely N-dealkylation sites (N-methyl/N-ethyl adjacent to an activating group) is 2. The molecule has 280 valence electrons. The van der Waals surface area contributed by atoms with Crippen LogP contribution in [0.1, 0.15) is 63.5 Å². The lowest BCUT2D eigenvalue weighted by atomic mass is 10.2. The van der Waals surface area contributed by atoms with Gasteiger partial charge in [0.05, 0.1) is 13.2 Å². The summed E-state index contributed by atoms with van der Waals surface area (Å²) >= 11 is 0. The number of guanidine groups is 2. The predicted molar refractivity (Wildman–Crippen MR) is 208 cm³/mol. The molecule has 2 N–H and O–H groups in total. The smallest absolute Gasteiger partial charge is 0.276 e. The summed E-state index contributed by atoms with van der Waals surface area (Å²) in [5.74, 6) is 2.70. The molecule has 3 aliphatic rings. The maximum absolute atomic E-state index is 12.8. The van der Waals surface area contributed by atoms with Gasteiger partial charge in [-0.15, -0.1) is 0 Å². The van der Waals surface area contributed by atoms with Crippen LogP contribution < -0.4 is 20.1 Å². The van der Waals surface area contributed by atoms with E-state index in [1.165, 1.54) is 0 Å². The number of piperazine rings is 1. The van der Waals surface area contributed by atoms with Crippen molar-refractivity contribution < 1.29 is 19.1 Å². The van der Waals surface area contributed by atoms with E-state index in [-0.39, 0.29) is 11.8 Å². The van der Waals surface area contributed by atoms with Gasteiger partial charge < -0.3 is 29.9 Å². The first-order valence-corrected chi connectivity index (χ1v) is 18.9. The fourth-order valence-corrected chi connectivity index (χ4v) is 6.07. The molecule has 0 spiro atoms. The van der Waals surface area contributed by atoms with Crippen LogP contribution in [-0.2, 0) is 9.59 Å². The maximum Gasteiger partial charge on any atom is 0.276 e. The molecule has 2 aromatic carbocycles. The van der Waals surface area contributed by atoms with Gasteiger partial charge in [-0.05, 0) is 73.2 Å². The zero-order valence-corrected chi connectivity index (χ0v) is 31.4. The van der Waals surface area contributed by atoms with E-state index in [9.17, 15) is 9.59 Å². The maximum atomic E-state index is 12.8. The number of amides is 2. The van der Waals surface area contributed by atoms with Crippen molar-refractivity contribution in [2.75, 3.05) is 79.7 Å². The molecule has 0 radical (unpaired) electrons. The Bertz CT molecular complexity index is 1470. The number of unbranched alkanes of at least 4 members (excludes halogenated alkanes) is 2. The molecule has 0 aromatic heterocycles. The van der Waals surface area contributed by atoms with Crippen LogP contribution in [0.5, 0.6) is 11.5 Å². The number of hydrogen-bond acceptors (Lipinski definition) is 8. The molecule has 0 aliphatic carbocycles. The second-order valence-corrected chi connectivity index (χ2v) is 13.4. The minimum Gasteiger partial charge on any atom is -0.494 e. The van der Waals surface area contributed by atoms with Crippen molar-refractivity contribution in [3.8, 4) is 11.5 Å². The summed E-state index contributed by atoms with van der Waals surface area (Å²) in [6, 6.07) is 15.6. The Hall–Kier alpha value is -4.68. The highest BCUT2D eigenvalue weighted by Gasteiger charge is 2.29. The zero-order chi connectivity index (χ0) is 36.7. The fraction of sp³-hybridized carbons (Fsp3) is 0.500. The zero-order valence-electron chi connectivity index (χ0n) is 31.4. The van der Waals surface area contributed by atoms with E-state index in [4.69, 9.17) is 19.5 Å². The summed E-state index contributed by atoms with van der Waals surface area (Å²) in [7, 11) is 3.51. The van der Waals surface area contributed by atoms with Crippen molar-refractivity contribution in [1.82, 2.24) is 30.2 Å². The number of nitrogens with one attached hydrogen (secondary N) is 2. The molecule has 3 aliphatic heterocycles. The number of hydrogen-bond donors (Lipinski definition) is 2. The highest BCUT2D eigenvalue weighted by molar-refractivity contribution is 6.16. The largest absolute Gasteiger partial charge is 0.494 e. The molecule has 52 heavy (non-hydrogen) atoms. The van der Waals surface area contributed by atoms with Crippen LogP contribution in [0.4, 0.5) is 0 Å². The Balaban J connectivity index is 0.972. The molecule has 3 saturated heterocycles. The fourth-order valence-electron chi connectivity index (χ4n) is 6.07. The Labute approximate surface area is 309 Å². The van der Waals surface area contributed by atoms with Crippen LogP contribution >= 0.6 is 0 Å². The van der Waals surface area contributed by atoms with Crippen molar-refractivity contribution in [2.24, 2.45) is 9.98 Å². The first kappa shape index (κ1) is 38.5. The minimum absolute atomic E-state index is 0.0863. The monoisotopic (exact) mass is 712 g/mol. The molecule has 3 heterocycles. The van der Waals surface area contributed by atoms with Gasteiger partial charge in [0, 0.05) is 66.5 Å². The van der Waals surface area contributed by atoms with Gasteiger partial charge in [0.25, 0.3) is 11.8 Å². The average Bonchev–Trinajstić information content (AvgIpc) is 3.58. The first-order chi connectivity index (χ1) is 25.3. The van der Waals surface area contributed by atoms with E-state index in [0.29, 0.717) is 49.6 Å². The summed E-state index contributed by atoms with van der Waals surface area (Å²) in [5, 5.41) is 6.41. The number of aliphatic imine (C=N–C) groups is 2. The third-order valence-electron chi connectivity index (χ3n) is 9.37. The van der Waals surface area contributed by atoms with Crippen LogP contribution in [0, 0.1) is 0 Å². The van der Waals surface area contributed by atoms with Crippen molar-refractivity contribution >= 4 is 35.9 Å². The molecular formula is C40H56N8O4. The molecule has 12 heteroatoms. The van der Waals surface area contributed by atoms with E-state index in [2.05, 4.69) is 34.3 Å². The summed E-state index contributed by atoms with van der Waals surface area (Å²) in [4.78, 5) is 43.2. The Morgan fingerprint density at radius 3 is 1.37 bits per heavy atom. The van der Waals surface area contributed by atoms with Crippen molar-refractivity contribution in [1.29, 1.82) is 0 Å². The van der Waals surface area contributed by atoms with Gasteiger partial charge >= 0.3 is 0 Å². The van der Waals surface area contributed by atoms with Crippen molar-refractivity contribution in [3.63, 3.8) is 0 Å². The molecule has 0 unspecified atom stereocenters. The van der Waals surface area contributed by atoms with Crippen LogP contribution in [0.25, 0.3) is 12.2 Å². The van der Waals surface area contributed by atoms with Gasteiger partial charge in [-0.2, -0.15) is 0 Å². The van der Waals surface area contributed by atoms with Crippen LogP contribution in [-0.4, -0.2) is 123 Å². The molecule has 12 nitrogen and oxygen atoms in total. The topological polar surface area (TPSA) is 114 Å². The lowest BCUT2D eigenvalue weighted by molar-refractivity contribution is -0.122. The predicted octanol–water partition coefficient (Wildman–Crippen LogP) is 4.66. The third kappa shape index (κ3) is 11.2. The number of carbonyl (C=O) groups excluding carboxylic acids is 2. The number of carbonyl (C=O) groups is 2. The van der Waals surface area contributed by atoms with E-state index < -0.39 is 0 Å². The molecular weight excluding hydrogens is 656 g/mol. The minimum atomic E-state index is -0.0863. The molecule has 2 amide bonds. The lowest BCUT2D eigenvalue weighted by Crippen LogP contribution is -2.47. The second kappa shape index (κ2) is 19.8. The third-order valence-corrected chi connectivity index (χ3v) is 9.37. The molecule has 0 saturated carbocycles. The Kier molecular flexibility index (Phi) is 14.7. The van der Waals surface area contributed by atoms with Crippen LogP contribution in [0.15, 0.2) is 69.9 Å². The van der Waals surface area contributed by atoms with Gasteiger partial charge in [0.15, 0.2) is 0 Å². The highest BCUT2D eigenvalue weighted by Crippen LogP contribution is 2.19. The standard InChI is InChI=1S/C40H56N8O4/c1-5-7-27-51-33-15-11-31(12-16-33)29-35-37(49)45(3)39(43-35)41-19-9-21-47-23-25-48(26-24-47)22-10-20-42-40-44-36(38(50)46(40)4)30-32-13-17-34(18-14-32)52-28-8-6-2/h11-18,29-30H,5-10,19-28H2,1-4H3,(H,41,43)(H,42,44)/b35-29-,36-30-. The van der Waals surface area contributed by atoms with Gasteiger partial charge in [-0.25, -0.2) is 0 Å². The number of rotatable bonds is 18. The quantitative estimate of drug-likeness (QED) is 0.170. The van der Waals surface area contributed by atoms with Gasteiger partial charge in [-0.1, -0.05) is 51.0 Å². The molecule has 0 bridgehead atoms. The summed E-state index contributed by atoms with van der Waals surface area (Å²) in [6.07, 6.45) is 9.83. The van der Waals surface area contributed by atoms with E-state index in [1.54, 1.807) is 23.9 Å². The van der Waals surface area contributed by atoms with Crippen LogP contribution in [0.2, 0.25) is 0 Å². The van der Waals surface area contributed by atoms with Crippen molar-refractivity contribution in [3.05, 3.63) is 71.1 Å². The number of benzene rings is 2. The van der Waals surface area contributed by atoms with Gasteiger partial charge in [-0.3, -0.25) is 29.4 Å². The van der Waals surface area contributed by atoms with E-state index in [1.807, 2.05) is 60.7 Å². The molecule has 2 aromatic rings.